The van der Waals surface area contributed by atoms with Crippen LogP contribution in [0.25, 0.3) is 0 Å². The van der Waals surface area contributed by atoms with Crippen molar-refractivity contribution in [2.75, 3.05) is 39.5 Å². The Hall–Kier alpha value is -0.680. The van der Waals surface area contributed by atoms with Crippen LogP contribution in [0.15, 0.2) is 28.1 Å². The molecule has 2 rings (SSSR count). The molecule has 1 aromatic rings. The minimum atomic E-state index is -4.12. The first-order valence-electron chi connectivity index (χ1n) is 8.68. The fourth-order valence-corrected chi connectivity index (χ4v) is 3.82. The van der Waals surface area contributed by atoms with Crippen LogP contribution >= 0.6 is 35.7 Å². The molecule has 1 aromatic carbocycles. The molecule has 1 saturated heterocycles. The van der Waals surface area contributed by atoms with E-state index >= 15 is 0 Å². The molecule has 1 aliphatic rings. The zero-order valence-corrected chi connectivity index (χ0v) is 19.0. The molecule has 1 heterocycles. The standard InChI is InChI=1S/C18H27F3N4S.HI/c1-13-4-5-15(16(8-13)26-3)10-24-17(22-2)23-9-14-6-7-25(11-14)12-18(19,20)21;/h4-5,8,14H,6-7,9-12H2,1-3H3,(H2,22,23,24);1H. The molecule has 154 valence electrons. The van der Waals surface area contributed by atoms with E-state index in [1.807, 2.05) is 0 Å². The van der Waals surface area contributed by atoms with Crippen molar-refractivity contribution >= 4 is 41.7 Å². The minimum absolute atomic E-state index is 0. The van der Waals surface area contributed by atoms with E-state index in [2.05, 4.69) is 47.0 Å². The van der Waals surface area contributed by atoms with Crippen LogP contribution in [0.5, 0.6) is 0 Å². The van der Waals surface area contributed by atoms with E-state index in [4.69, 9.17) is 0 Å². The maximum absolute atomic E-state index is 12.5. The highest BCUT2D eigenvalue weighted by molar-refractivity contribution is 14.0. The molecule has 0 spiro atoms. The lowest BCUT2D eigenvalue weighted by atomic mass is 10.1. The monoisotopic (exact) mass is 516 g/mol. The highest BCUT2D eigenvalue weighted by Gasteiger charge is 2.34. The number of nitrogens with zero attached hydrogens (tertiary/aromatic N) is 2. The highest BCUT2D eigenvalue weighted by atomic mass is 127. The highest BCUT2D eigenvalue weighted by Crippen LogP contribution is 2.23. The van der Waals surface area contributed by atoms with Gasteiger partial charge in [-0.25, -0.2) is 0 Å². The number of alkyl halides is 3. The van der Waals surface area contributed by atoms with Gasteiger partial charge < -0.3 is 10.6 Å². The zero-order valence-electron chi connectivity index (χ0n) is 15.9. The van der Waals surface area contributed by atoms with Gasteiger partial charge in [-0.2, -0.15) is 13.2 Å². The fraction of sp³-hybridized carbons (Fsp3) is 0.611. The smallest absolute Gasteiger partial charge is 0.356 e. The van der Waals surface area contributed by atoms with E-state index < -0.39 is 12.7 Å². The first-order valence-corrected chi connectivity index (χ1v) is 9.90. The van der Waals surface area contributed by atoms with Gasteiger partial charge in [-0.15, -0.1) is 35.7 Å². The van der Waals surface area contributed by atoms with Crippen LogP contribution in [0, 0.1) is 12.8 Å². The minimum Gasteiger partial charge on any atom is -0.356 e. The molecule has 0 amide bonds. The average molecular weight is 516 g/mol. The van der Waals surface area contributed by atoms with Gasteiger partial charge in [0.15, 0.2) is 5.96 Å². The van der Waals surface area contributed by atoms with E-state index in [0.717, 1.165) is 6.42 Å². The first-order chi connectivity index (χ1) is 12.3. The molecule has 1 atom stereocenters. The molecule has 2 N–H and O–H groups in total. The van der Waals surface area contributed by atoms with Crippen LogP contribution in [0.2, 0.25) is 0 Å². The Morgan fingerprint density at radius 2 is 2.07 bits per heavy atom. The van der Waals surface area contributed by atoms with Gasteiger partial charge in [-0.1, -0.05) is 12.1 Å². The number of benzene rings is 1. The summed E-state index contributed by atoms with van der Waals surface area (Å²) in [6.45, 7) is 3.50. The summed E-state index contributed by atoms with van der Waals surface area (Å²) in [5.74, 6) is 0.879. The molecule has 27 heavy (non-hydrogen) atoms. The maximum Gasteiger partial charge on any atom is 0.401 e. The van der Waals surface area contributed by atoms with E-state index in [0.29, 0.717) is 32.1 Å². The lowest BCUT2D eigenvalue weighted by Crippen LogP contribution is -2.40. The molecule has 0 saturated carbocycles. The average Bonchev–Trinajstić information content (AvgIpc) is 3.01. The number of aryl methyl sites for hydroxylation is 1. The van der Waals surface area contributed by atoms with Crippen molar-refractivity contribution in [3.8, 4) is 0 Å². The van der Waals surface area contributed by atoms with Crippen LogP contribution in [-0.2, 0) is 6.54 Å². The number of hydrogen-bond donors (Lipinski definition) is 2. The second-order valence-corrected chi connectivity index (χ2v) is 7.48. The number of likely N-dealkylation sites (tertiary alicyclic amines) is 1. The number of halogens is 4. The Balaban J connectivity index is 0.00000364. The first kappa shape index (κ1) is 24.4. The van der Waals surface area contributed by atoms with Gasteiger partial charge in [0.05, 0.1) is 6.54 Å². The number of aliphatic imine (C=N–C) groups is 1. The summed E-state index contributed by atoms with van der Waals surface area (Å²) in [6, 6.07) is 6.35. The van der Waals surface area contributed by atoms with Gasteiger partial charge in [0.2, 0.25) is 0 Å². The molecule has 0 aliphatic carbocycles. The van der Waals surface area contributed by atoms with Crippen molar-refractivity contribution in [3.05, 3.63) is 29.3 Å². The van der Waals surface area contributed by atoms with Crippen molar-refractivity contribution < 1.29 is 13.2 Å². The number of guanidine groups is 1. The third kappa shape index (κ3) is 8.47. The largest absolute Gasteiger partial charge is 0.401 e. The molecule has 9 heteroatoms. The van der Waals surface area contributed by atoms with Crippen LogP contribution in [-0.4, -0.2) is 56.5 Å². The van der Waals surface area contributed by atoms with Gasteiger partial charge in [-0.05, 0) is 49.3 Å². The second kappa shape index (κ2) is 11.4. The maximum atomic E-state index is 12.5. The van der Waals surface area contributed by atoms with Crippen LogP contribution in [0.3, 0.4) is 0 Å². The molecule has 1 aliphatic heterocycles. The Morgan fingerprint density at radius 3 is 2.70 bits per heavy atom. The molecule has 0 radical (unpaired) electrons. The van der Waals surface area contributed by atoms with Crippen molar-refractivity contribution in [1.82, 2.24) is 15.5 Å². The topological polar surface area (TPSA) is 39.7 Å². The summed E-state index contributed by atoms with van der Waals surface area (Å²) in [6.07, 6.45) is -1.30. The van der Waals surface area contributed by atoms with Crippen molar-refractivity contribution in [2.45, 2.75) is 31.0 Å². The van der Waals surface area contributed by atoms with E-state index in [9.17, 15) is 13.2 Å². The fourth-order valence-electron chi connectivity index (χ4n) is 3.12. The number of nitrogens with one attached hydrogen (secondary N) is 2. The van der Waals surface area contributed by atoms with Crippen molar-refractivity contribution in [2.24, 2.45) is 10.9 Å². The molecular weight excluding hydrogens is 488 g/mol. The summed E-state index contributed by atoms with van der Waals surface area (Å²) in [5, 5.41) is 6.52. The normalized spacial score (nSPS) is 18.3. The van der Waals surface area contributed by atoms with E-state index in [-0.39, 0.29) is 29.9 Å². The molecule has 1 unspecified atom stereocenters. The zero-order chi connectivity index (χ0) is 19.2. The van der Waals surface area contributed by atoms with E-state index in [1.165, 1.54) is 20.9 Å². The third-order valence-corrected chi connectivity index (χ3v) is 5.26. The SMILES string of the molecule is CN=C(NCc1ccc(C)cc1SC)NCC1CCN(CC(F)(F)F)C1.I. The van der Waals surface area contributed by atoms with Gasteiger partial charge in [0.25, 0.3) is 0 Å². The predicted molar refractivity (Wildman–Crippen MR) is 117 cm³/mol. The summed E-state index contributed by atoms with van der Waals surface area (Å²) >= 11 is 1.71. The lowest BCUT2D eigenvalue weighted by molar-refractivity contribution is -0.143. The Labute approximate surface area is 180 Å². The van der Waals surface area contributed by atoms with Crippen molar-refractivity contribution in [1.29, 1.82) is 0 Å². The molecular formula is C18H28F3IN4S. The van der Waals surface area contributed by atoms with Crippen LogP contribution < -0.4 is 10.6 Å². The predicted octanol–water partition coefficient (Wildman–Crippen LogP) is 3.88. The van der Waals surface area contributed by atoms with E-state index in [1.54, 1.807) is 18.8 Å². The van der Waals surface area contributed by atoms with Gasteiger partial charge in [0, 0.05) is 31.6 Å². The third-order valence-electron chi connectivity index (χ3n) is 4.44. The summed E-state index contributed by atoms with van der Waals surface area (Å²) in [7, 11) is 1.70. The molecule has 4 nitrogen and oxygen atoms in total. The summed E-state index contributed by atoms with van der Waals surface area (Å²) < 4.78 is 37.4. The Bertz CT molecular complexity index is 625. The van der Waals surface area contributed by atoms with Crippen molar-refractivity contribution in [3.63, 3.8) is 0 Å². The van der Waals surface area contributed by atoms with Gasteiger partial charge in [0.1, 0.15) is 0 Å². The molecule has 0 bridgehead atoms. The van der Waals surface area contributed by atoms with Crippen LogP contribution in [0.1, 0.15) is 17.5 Å². The number of rotatable bonds is 6. The van der Waals surface area contributed by atoms with Gasteiger partial charge >= 0.3 is 6.18 Å². The second-order valence-electron chi connectivity index (χ2n) is 6.63. The van der Waals surface area contributed by atoms with Gasteiger partial charge in [-0.3, -0.25) is 9.89 Å². The van der Waals surface area contributed by atoms with Crippen LogP contribution in [0.4, 0.5) is 13.2 Å². The molecule has 1 fully saturated rings. The number of thioether (sulfide) groups is 1. The summed E-state index contributed by atoms with van der Waals surface area (Å²) in [4.78, 5) is 6.91. The summed E-state index contributed by atoms with van der Waals surface area (Å²) in [5.41, 5.74) is 2.42. The molecule has 0 aromatic heterocycles. The number of hydrogen-bond acceptors (Lipinski definition) is 3. The Morgan fingerprint density at radius 1 is 1.33 bits per heavy atom. The Kier molecular flexibility index (Phi) is 10.2. The quantitative estimate of drug-likeness (QED) is 0.261. The lowest BCUT2D eigenvalue weighted by Gasteiger charge is -2.19.